The van der Waals surface area contributed by atoms with Crippen LogP contribution in [-0.2, 0) is 148 Å². The summed E-state index contributed by atoms with van der Waals surface area (Å²) in [6, 6.07) is 29.2. The lowest BCUT2D eigenvalue weighted by atomic mass is 9.92. The van der Waals surface area contributed by atoms with Crippen LogP contribution in [0.4, 0.5) is 23.3 Å². The summed E-state index contributed by atoms with van der Waals surface area (Å²) in [6.45, 7) is 17.7. The first-order valence-electron chi connectivity index (χ1n) is 46.7. The fraction of sp³-hybridized carbons (Fsp3) is 0.505. The van der Waals surface area contributed by atoms with Crippen molar-refractivity contribution in [2.45, 2.75) is 158 Å². The Balaban J connectivity index is 0.694. The number of pyridine rings is 4. The van der Waals surface area contributed by atoms with Crippen molar-refractivity contribution in [1.29, 1.82) is 0 Å². The number of carbonyl (C=O) groups excluding carboxylic acids is 8. The van der Waals surface area contributed by atoms with E-state index in [1.165, 1.54) is 0 Å². The second-order valence-electron chi connectivity index (χ2n) is 36.2. The van der Waals surface area contributed by atoms with Crippen molar-refractivity contribution < 1.29 is 116 Å². The number of anilines is 4. The van der Waals surface area contributed by atoms with Gasteiger partial charge in [-0.25, -0.2) is 39.9 Å². The molecular weight excluding hydrogens is 1830 g/mol. The third-order valence-corrected chi connectivity index (χ3v) is 21.4. The number of carbonyl (C=O) groups is 8. The molecule has 0 atom stereocenters. The number of amides is 8. The molecule has 4 aromatic carbocycles. The molecule has 12 aromatic rings. The van der Waals surface area contributed by atoms with Crippen molar-refractivity contribution in [3.63, 3.8) is 0 Å². The molecule has 8 heterocycles. The largest absolute Gasteiger partial charge is 0.389 e. The minimum atomic E-state index is -1.24. The molecule has 8 aromatic heterocycles. The first-order chi connectivity index (χ1) is 67.5. The number of hydrogen-bond donors (Lipinski definition) is 12. The second-order valence-corrected chi connectivity index (χ2v) is 36.2. The Bertz CT molecular complexity index is 5590. The Morgan fingerprint density at radius 2 is 0.475 bits per heavy atom. The number of rotatable bonds is 60. The zero-order valence-electron chi connectivity index (χ0n) is 81.7. The van der Waals surface area contributed by atoms with Gasteiger partial charge in [0.05, 0.1) is 204 Å². The summed E-state index contributed by atoms with van der Waals surface area (Å²) in [5.41, 5.74) is 0.150. The van der Waals surface area contributed by atoms with Crippen LogP contribution < -0.4 is 42.5 Å². The van der Waals surface area contributed by atoms with E-state index in [0.29, 0.717) is 116 Å². The Kier molecular flexibility index (Phi) is 38.3. The number of aliphatic hydroxyl groups is 4. The monoisotopic (exact) mass is 1960 g/mol. The predicted molar refractivity (Wildman–Crippen MR) is 522 cm³/mol. The van der Waals surface area contributed by atoms with Gasteiger partial charge in [0.2, 0.25) is 47.3 Å². The summed E-state index contributed by atoms with van der Waals surface area (Å²) in [5, 5.41) is 68.4. The fourth-order valence-corrected chi connectivity index (χ4v) is 15.5. The lowest BCUT2D eigenvalue weighted by Crippen LogP contribution is -2.43. The van der Waals surface area contributed by atoms with E-state index in [1.54, 1.807) is 104 Å². The van der Waals surface area contributed by atoms with Crippen molar-refractivity contribution in [3.05, 3.63) is 120 Å². The molecular formula is C97H128N20O24. The van der Waals surface area contributed by atoms with Crippen molar-refractivity contribution in [3.8, 4) is 0 Å². The van der Waals surface area contributed by atoms with E-state index >= 15 is 0 Å². The van der Waals surface area contributed by atoms with Gasteiger partial charge in [-0.05, 0) is 107 Å². The Hall–Kier alpha value is -12.5. The molecule has 760 valence electrons. The van der Waals surface area contributed by atoms with Gasteiger partial charge in [0.1, 0.15) is 98.2 Å². The van der Waals surface area contributed by atoms with E-state index in [9.17, 15) is 58.8 Å². The number of benzene rings is 4. The minimum absolute atomic E-state index is 0.115. The molecule has 0 aliphatic heterocycles. The Morgan fingerprint density at radius 1 is 0.277 bits per heavy atom. The van der Waals surface area contributed by atoms with Crippen LogP contribution in [0.3, 0.4) is 0 Å². The predicted octanol–water partition coefficient (Wildman–Crippen LogP) is 5.95. The average molecular weight is 1960 g/mol. The van der Waals surface area contributed by atoms with Gasteiger partial charge < -0.3 is 138 Å². The first-order valence-corrected chi connectivity index (χ1v) is 46.7. The molecule has 0 spiro atoms. The van der Waals surface area contributed by atoms with E-state index in [1.807, 2.05) is 94.5 Å². The van der Waals surface area contributed by atoms with Gasteiger partial charge in [-0.1, -0.05) is 72.8 Å². The van der Waals surface area contributed by atoms with E-state index in [-0.39, 0.29) is 155 Å². The van der Waals surface area contributed by atoms with Crippen LogP contribution in [0.1, 0.15) is 106 Å². The second kappa shape index (κ2) is 50.3. The lowest BCUT2D eigenvalue weighted by molar-refractivity contribution is -0.134. The number of nitrogens with zero attached hydrogens (tertiary/aromatic N) is 12. The first kappa shape index (κ1) is 107. The number of aromatic nitrogens is 12. The van der Waals surface area contributed by atoms with Crippen LogP contribution in [0.15, 0.2) is 97.1 Å². The summed E-state index contributed by atoms with van der Waals surface area (Å²) in [6.07, 6.45) is 0. The lowest BCUT2D eigenvalue weighted by Gasteiger charge is -2.33. The highest BCUT2D eigenvalue weighted by atomic mass is 16.6. The third-order valence-electron chi connectivity index (χ3n) is 21.4. The van der Waals surface area contributed by atoms with E-state index < -0.39 is 128 Å². The molecule has 0 aliphatic carbocycles. The summed E-state index contributed by atoms with van der Waals surface area (Å²) >= 11 is 0. The number of nitrogens with one attached hydrogen (secondary N) is 8. The molecule has 141 heavy (non-hydrogen) atoms. The minimum Gasteiger partial charge on any atom is -0.389 e. The highest BCUT2D eigenvalue weighted by Crippen LogP contribution is 2.38. The molecule has 0 saturated heterocycles. The standard InChI is InChI=1S/C97H128N20O24/c1-13-130-45-69-106-81-85(114(69)53-93(5,6)126)61-25-17-21-29-65(61)102-89(81)110-73(118)41-98-77(122)49-134-33-37-138-57-97(58-139-38-34-135-50-78(123)99-42-74(119)111-90-82-86(62-26-18-22-30-66(62)103-90)115(54-94(7,8)127)70(107-82)46-131-14-2,59-140-39-35-136-51-79(124)100-43-75(120)112-91-83-87(63-27-19-23-31-67(63)104-91)116(55-95(9,10)128)71(108-83)47-132-15-3)60-141-40-36-137-52-80(125)101-44-76(121)113-92-84-88(64-28-20-24-32-68(64)105-92)117(56-96(11,12)129)72(109-84)48-133-16-4/h17-32,126-129H,13-16,33-60H2,1-12H3,(H,98,122)(H,99,123)(H,100,124)(H,101,125)(H,102,110,118)(H,103,111,119)(H,104,112,120)(H,105,113,121). The van der Waals surface area contributed by atoms with Crippen molar-refractivity contribution in [1.82, 2.24) is 79.4 Å². The summed E-state index contributed by atoms with van der Waals surface area (Å²) in [7, 11) is 0. The summed E-state index contributed by atoms with van der Waals surface area (Å²) in [5.74, 6) is -2.55. The highest BCUT2D eigenvalue weighted by Gasteiger charge is 2.35. The van der Waals surface area contributed by atoms with Gasteiger partial charge in [-0.2, -0.15) is 0 Å². The molecule has 12 N–H and O–H groups in total. The molecule has 0 aliphatic rings. The van der Waals surface area contributed by atoms with Gasteiger partial charge >= 0.3 is 0 Å². The van der Waals surface area contributed by atoms with Crippen molar-refractivity contribution in [2.24, 2.45) is 5.41 Å². The van der Waals surface area contributed by atoms with E-state index in [0.717, 1.165) is 21.5 Å². The normalized spacial score (nSPS) is 12.3. The number of ether oxygens (including phenoxy) is 12. The van der Waals surface area contributed by atoms with Crippen LogP contribution in [0.2, 0.25) is 0 Å². The van der Waals surface area contributed by atoms with Gasteiger partial charge in [0.15, 0.2) is 23.3 Å². The maximum atomic E-state index is 13.7. The topological polar surface area (TPSA) is 547 Å². The van der Waals surface area contributed by atoms with Crippen LogP contribution in [0.5, 0.6) is 0 Å². The maximum absolute atomic E-state index is 13.7. The molecule has 0 radical (unpaired) electrons. The number of hydrogen-bond acceptors (Lipinski definition) is 32. The molecule has 0 unspecified atom stereocenters. The molecule has 0 fully saturated rings. The third kappa shape index (κ3) is 30.8. The number of para-hydroxylation sites is 4. The maximum Gasteiger partial charge on any atom is 0.246 e. The SMILES string of the molecule is CCOCc1nc2c(NC(=O)CNC(=O)COCCOCC(COCCOCC(=O)NCC(=O)Nc3nc4ccccc4c4c3nc(COCC)n4CC(C)(C)O)(COCCOCC(=O)NCC(=O)Nc3nc4ccccc4c4c3nc(COCC)n4CC(C)(C)O)COCCOCC(=O)NCC(=O)Nc3nc4ccccc4c4c3nc(COCC)n4CC(C)(C)O)nc3ccccc3c2n1CC(C)(C)O. The number of fused-ring (bicyclic) bond motifs is 12. The summed E-state index contributed by atoms with van der Waals surface area (Å²) < 4.78 is 78.5. The molecule has 44 heteroatoms. The smallest absolute Gasteiger partial charge is 0.246 e. The van der Waals surface area contributed by atoms with Crippen LogP contribution >= 0.6 is 0 Å². The van der Waals surface area contributed by atoms with E-state index in [4.69, 9.17) is 96.7 Å². The average Bonchev–Trinajstić information content (AvgIpc) is 1.62. The summed E-state index contributed by atoms with van der Waals surface area (Å²) in [4.78, 5) is 146. The Morgan fingerprint density at radius 3 is 0.674 bits per heavy atom. The van der Waals surface area contributed by atoms with Crippen LogP contribution in [0.25, 0.3) is 87.7 Å². The highest BCUT2D eigenvalue weighted by molar-refractivity contribution is 6.14. The fourth-order valence-electron chi connectivity index (χ4n) is 15.5. The van der Waals surface area contributed by atoms with Crippen molar-refractivity contribution >= 4 is 158 Å². The number of imidazole rings is 4. The molecule has 44 nitrogen and oxygen atoms in total. The van der Waals surface area contributed by atoms with Gasteiger partial charge in [0.25, 0.3) is 0 Å². The zero-order chi connectivity index (χ0) is 101. The van der Waals surface area contributed by atoms with Crippen LogP contribution in [0, 0.1) is 5.41 Å². The molecule has 0 saturated carbocycles. The van der Waals surface area contributed by atoms with E-state index in [2.05, 4.69) is 42.5 Å². The van der Waals surface area contributed by atoms with Crippen LogP contribution in [-0.4, -0.2) is 307 Å². The van der Waals surface area contributed by atoms with Gasteiger partial charge in [0, 0.05) is 48.0 Å². The quantitative estimate of drug-likeness (QED) is 0.0196. The zero-order valence-corrected chi connectivity index (χ0v) is 81.7. The molecule has 0 bridgehead atoms. The molecule has 12 rings (SSSR count). The van der Waals surface area contributed by atoms with Crippen molar-refractivity contribution in [2.75, 3.05) is 180 Å². The van der Waals surface area contributed by atoms with Gasteiger partial charge in [-0.3, -0.25) is 38.4 Å². The van der Waals surface area contributed by atoms with Gasteiger partial charge in [-0.15, -0.1) is 0 Å². The Labute approximate surface area is 813 Å². The molecule has 8 amide bonds.